The summed E-state index contributed by atoms with van der Waals surface area (Å²) in [4.78, 5) is 25.9. The van der Waals surface area contributed by atoms with Crippen LogP contribution in [0.1, 0.15) is 23.0 Å². The predicted molar refractivity (Wildman–Crippen MR) is 108 cm³/mol. The number of benzene rings is 1. The molecule has 1 fully saturated rings. The summed E-state index contributed by atoms with van der Waals surface area (Å²) in [7, 11) is -1.59. The van der Waals surface area contributed by atoms with Gasteiger partial charge in [0.2, 0.25) is 5.91 Å². The Morgan fingerprint density at radius 2 is 1.96 bits per heavy atom. The second kappa shape index (κ2) is 8.32. The Morgan fingerprint density at radius 1 is 1.25 bits per heavy atom. The van der Waals surface area contributed by atoms with Gasteiger partial charge in [-0.1, -0.05) is 0 Å². The van der Waals surface area contributed by atoms with Gasteiger partial charge in [0.1, 0.15) is 10.6 Å². The summed E-state index contributed by atoms with van der Waals surface area (Å²) in [5.41, 5.74) is 1.20. The second-order valence-electron chi connectivity index (χ2n) is 6.39. The fourth-order valence-electron chi connectivity index (χ4n) is 2.97. The number of thiophene rings is 1. The van der Waals surface area contributed by atoms with Gasteiger partial charge in [-0.25, -0.2) is 13.2 Å². The number of hydrogen-bond acceptors (Lipinski definition) is 7. The highest BCUT2D eigenvalue weighted by atomic mass is 32.2. The lowest BCUT2D eigenvalue weighted by atomic mass is 10.1. The number of rotatable bonds is 6. The molecule has 1 aliphatic heterocycles. The van der Waals surface area contributed by atoms with Crippen molar-refractivity contribution in [2.24, 2.45) is 5.92 Å². The summed E-state index contributed by atoms with van der Waals surface area (Å²) in [5.74, 6) is -0.974. The average Bonchev–Trinajstić information content (AvgIpc) is 3.25. The van der Waals surface area contributed by atoms with E-state index in [2.05, 4.69) is 5.32 Å². The summed E-state index contributed by atoms with van der Waals surface area (Å²) >= 11 is 1.21. The maximum absolute atomic E-state index is 12.5. The third kappa shape index (κ3) is 4.53. The Kier molecular flexibility index (Phi) is 6.04. The van der Waals surface area contributed by atoms with Gasteiger partial charge in [-0.3, -0.25) is 4.79 Å². The Bertz CT molecular complexity index is 978. The van der Waals surface area contributed by atoms with Gasteiger partial charge in [0.05, 0.1) is 36.8 Å². The molecule has 0 saturated carbocycles. The predicted octanol–water partition coefficient (Wildman–Crippen LogP) is 2.97. The van der Waals surface area contributed by atoms with Crippen LogP contribution in [0.5, 0.6) is 5.75 Å². The number of sulfone groups is 1. The lowest BCUT2D eigenvalue weighted by molar-refractivity contribution is -0.119. The molecule has 1 aliphatic rings. The van der Waals surface area contributed by atoms with Gasteiger partial charge in [-0.2, -0.15) is 0 Å². The van der Waals surface area contributed by atoms with Crippen molar-refractivity contribution in [1.82, 2.24) is 0 Å². The van der Waals surface area contributed by atoms with E-state index in [4.69, 9.17) is 9.47 Å². The highest BCUT2D eigenvalue weighted by Crippen LogP contribution is 2.36. The molecule has 2 heterocycles. The number of anilines is 1. The Hall–Kier alpha value is -2.39. The Morgan fingerprint density at radius 3 is 2.54 bits per heavy atom. The van der Waals surface area contributed by atoms with E-state index in [1.54, 1.807) is 32.2 Å². The van der Waals surface area contributed by atoms with Crippen LogP contribution in [0, 0.1) is 5.92 Å². The van der Waals surface area contributed by atoms with Crippen LogP contribution in [-0.2, 0) is 19.4 Å². The van der Waals surface area contributed by atoms with E-state index in [0.29, 0.717) is 17.9 Å². The molecule has 1 aromatic carbocycles. The van der Waals surface area contributed by atoms with Crippen LogP contribution in [0.4, 0.5) is 5.69 Å². The zero-order chi connectivity index (χ0) is 20.3. The molecular formula is C19H21NO6S2. The monoisotopic (exact) mass is 423 g/mol. The summed E-state index contributed by atoms with van der Waals surface area (Å²) in [6, 6.07) is 9.03. The molecule has 3 rings (SSSR count). The van der Waals surface area contributed by atoms with E-state index in [0.717, 1.165) is 10.4 Å². The van der Waals surface area contributed by atoms with Crippen molar-refractivity contribution >= 4 is 38.7 Å². The molecular weight excluding hydrogens is 402 g/mol. The van der Waals surface area contributed by atoms with E-state index in [-0.39, 0.29) is 23.0 Å². The van der Waals surface area contributed by atoms with Crippen molar-refractivity contribution in [3.05, 3.63) is 35.2 Å². The normalized spacial score (nSPS) is 17.9. The number of carbonyl (C=O) groups is 2. The molecule has 1 saturated heterocycles. The highest BCUT2D eigenvalue weighted by molar-refractivity contribution is 7.91. The fourth-order valence-corrected chi connectivity index (χ4v) is 5.72. The van der Waals surface area contributed by atoms with Crippen LogP contribution < -0.4 is 10.1 Å². The van der Waals surface area contributed by atoms with Crippen LogP contribution in [0.15, 0.2) is 30.3 Å². The quantitative estimate of drug-likeness (QED) is 0.717. The van der Waals surface area contributed by atoms with Crippen LogP contribution >= 0.6 is 11.3 Å². The van der Waals surface area contributed by atoms with E-state index >= 15 is 0 Å². The summed E-state index contributed by atoms with van der Waals surface area (Å²) < 4.78 is 33.5. The van der Waals surface area contributed by atoms with Crippen molar-refractivity contribution in [3.63, 3.8) is 0 Å². The molecule has 9 heteroatoms. The van der Waals surface area contributed by atoms with Crippen LogP contribution in [0.2, 0.25) is 0 Å². The van der Waals surface area contributed by atoms with Crippen molar-refractivity contribution < 1.29 is 27.5 Å². The number of methoxy groups -OCH3 is 1. The number of amides is 1. The van der Waals surface area contributed by atoms with Crippen molar-refractivity contribution in [1.29, 1.82) is 0 Å². The molecule has 1 amide bonds. The summed E-state index contributed by atoms with van der Waals surface area (Å²) in [5, 5.41) is 2.72. The minimum absolute atomic E-state index is 0.0105. The van der Waals surface area contributed by atoms with E-state index in [9.17, 15) is 18.0 Å². The maximum Gasteiger partial charge on any atom is 0.350 e. The number of esters is 1. The first-order valence-corrected chi connectivity index (χ1v) is 11.4. The molecule has 1 unspecified atom stereocenters. The molecule has 1 N–H and O–H groups in total. The minimum atomic E-state index is -3.17. The number of nitrogens with one attached hydrogen (secondary N) is 1. The van der Waals surface area contributed by atoms with Gasteiger partial charge in [-0.15, -0.1) is 11.3 Å². The third-order valence-electron chi connectivity index (χ3n) is 4.43. The lowest BCUT2D eigenvalue weighted by Crippen LogP contribution is -2.24. The zero-order valence-electron chi connectivity index (χ0n) is 15.6. The standard InChI is InChI=1S/C19H21NO6S2/c1-3-26-19(22)17-15(20-18(21)13-8-9-28(23,24)11-13)10-16(27-17)12-4-6-14(25-2)7-5-12/h4-7,10,13H,3,8-9,11H2,1-2H3,(H,20,21). The van der Waals surface area contributed by atoms with Crippen LogP contribution in [-0.4, -0.2) is 45.5 Å². The molecule has 28 heavy (non-hydrogen) atoms. The molecule has 1 aromatic heterocycles. The molecule has 150 valence electrons. The molecule has 2 aromatic rings. The first-order valence-electron chi connectivity index (χ1n) is 8.79. The van der Waals surface area contributed by atoms with Crippen molar-refractivity contribution in [3.8, 4) is 16.2 Å². The smallest absolute Gasteiger partial charge is 0.350 e. The zero-order valence-corrected chi connectivity index (χ0v) is 17.2. The molecule has 0 radical (unpaired) electrons. The number of carbonyl (C=O) groups excluding carboxylic acids is 2. The lowest BCUT2D eigenvalue weighted by Gasteiger charge is -2.09. The molecule has 0 bridgehead atoms. The van der Waals surface area contributed by atoms with Crippen LogP contribution in [0.25, 0.3) is 10.4 Å². The number of hydrogen-bond donors (Lipinski definition) is 1. The SMILES string of the molecule is CCOC(=O)c1sc(-c2ccc(OC)cc2)cc1NC(=O)C1CCS(=O)(=O)C1. The third-order valence-corrected chi connectivity index (χ3v) is 7.36. The van der Waals surface area contributed by atoms with Gasteiger partial charge in [0.15, 0.2) is 9.84 Å². The van der Waals surface area contributed by atoms with Crippen LogP contribution in [0.3, 0.4) is 0 Å². The first-order chi connectivity index (χ1) is 13.3. The molecule has 7 nitrogen and oxygen atoms in total. The average molecular weight is 424 g/mol. The minimum Gasteiger partial charge on any atom is -0.497 e. The topological polar surface area (TPSA) is 98.8 Å². The summed E-state index contributed by atoms with van der Waals surface area (Å²) in [6.07, 6.45) is 0.290. The fraction of sp³-hybridized carbons (Fsp3) is 0.368. The van der Waals surface area contributed by atoms with Crippen molar-refractivity contribution in [2.75, 3.05) is 30.5 Å². The Labute approximate surface area is 167 Å². The number of ether oxygens (including phenoxy) is 2. The second-order valence-corrected chi connectivity index (χ2v) is 9.67. The summed E-state index contributed by atoms with van der Waals surface area (Å²) in [6.45, 7) is 1.92. The van der Waals surface area contributed by atoms with E-state index < -0.39 is 27.6 Å². The highest BCUT2D eigenvalue weighted by Gasteiger charge is 2.33. The largest absolute Gasteiger partial charge is 0.497 e. The molecule has 1 atom stereocenters. The first kappa shape index (κ1) is 20.3. The van der Waals surface area contributed by atoms with Crippen molar-refractivity contribution in [2.45, 2.75) is 13.3 Å². The van der Waals surface area contributed by atoms with Gasteiger partial charge < -0.3 is 14.8 Å². The molecule has 0 aliphatic carbocycles. The van der Waals surface area contributed by atoms with Gasteiger partial charge >= 0.3 is 5.97 Å². The van der Waals surface area contributed by atoms with Gasteiger partial charge in [0, 0.05) is 4.88 Å². The maximum atomic E-state index is 12.5. The van der Waals surface area contributed by atoms with Gasteiger partial charge in [-0.05, 0) is 49.2 Å². The van der Waals surface area contributed by atoms with E-state index in [1.165, 1.54) is 11.3 Å². The van der Waals surface area contributed by atoms with E-state index in [1.807, 2.05) is 12.1 Å². The Balaban J connectivity index is 1.88. The molecule has 0 spiro atoms. The van der Waals surface area contributed by atoms with Gasteiger partial charge in [0.25, 0.3) is 0 Å².